The standard InChI is InChI=1S/C24H30N4O.ClH/c1-17(2)28-22-7-5-4-6-20(22)21-16-19(8-9-23(21)28)26-24(29)27(3)15-12-18-10-13-25-14-11-18;/h8-11,13-14,16-17H,4-7,12,15H2,1-3H3,(H,26,29);1H. The van der Waals surface area contributed by atoms with E-state index in [9.17, 15) is 4.79 Å². The molecular weight excluding hydrogens is 396 g/mol. The van der Waals surface area contributed by atoms with E-state index >= 15 is 0 Å². The van der Waals surface area contributed by atoms with Gasteiger partial charge < -0.3 is 14.8 Å². The number of pyridine rings is 1. The first-order valence-corrected chi connectivity index (χ1v) is 10.6. The summed E-state index contributed by atoms with van der Waals surface area (Å²) >= 11 is 0. The monoisotopic (exact) mass is 426 g/mol. The van der Waals surface area contributed by atoms with Gasteiger partial charge in [-0.15, -0.1) is 12.4 Å². The lowest BCUT2D eigenvalue weighted by molar-refractivity contribution is 0.223. The topological polar surface area (TPSA) is 50.2 Å². The van der Waals surface area contributed by atoms with Crippen LogP contribution < -0.4 is 5.32 Å². The molecule has 0 saturated carbocycles. The maximum atomic E-state index is 12.7. The number of hydrogen-bond donors (Lipinski definition) is 1. The lowest BCUT2D eigenvalue weighted by Crippen LogP contribution is -2.32. The Morgan fingerprint density at radius 2 is 1.90 bits per heavy atom. The highest BCUT2D eigenvalue weighted by atomic mass is 35.5. The number of amides is 2. The number of fused-ring (bicyclic) bond motifs is 3. The molecular formula is C24H31ClN4O. The van der Waals surface area contributed by atoms with Gasteiger partial charge in [0, 0.05) is 54.3 Å². The predicted molar refractivity (Wildman–Crippen MR) is 126 cm³/mol. The Bertz CT molecular complexity index is 1010. The largest absolute Gasteiger partial charge is 0.342 e. The minimum atomic E-state index is -0.0736. The number of carbonyl (C=O) groups excluding carboxylic acids is 1. The quantitative estimate of drug-likeness (QED) is 0.575. The summed E-state index contributed by atoms with van der Waals surface area (Å²) in [6.07, 6.45) is 9.19. The van der Waals surface area contributed by atoms with Crippen LogP contribution in [0.25, 0.3) is 10.9 Å². The summed E-state index contributed by atoms with van der Waals surface area (Å²) in [6.45, 7) is 5.17. The summed E-state index contributed by atoms with van der Waals surface area (Å²) in [5, 5.41) is 4.38. The molecule has 0 bridgehead atoms. The van der Waals surface area contributed by atoms with Gasteiger partial charge >= 0.3 is 6.03 Å². The van der Waals surface area contributed by atoms with Gasteiger partial charge in [0.1, 0.15) is 0 Å². The first-order chi connectivity index (χ1) is 14.0. The maximum absolute atomic E-state index is 12.7. The van der Waals surface area contributed by atoms with Crippen molar-refractivity contribution in [1.29, 1.82) is 0 Å². The molecule has 1 aromatic carbocycles. The van der Waals surface area contributed by atoms with Gasteiger partial charge in [0.05, 0.1) is 0 Å². The molecule has 0 saturated heterocycles. The van der Waals surface area contributed by atoms with E-state index in [0.29, 0.717) is 12.6 Å². The Labute approximate surface area is 184 Å². The number of anilines is 1. The third-order valence-corrected chi connectivity index (χ3v) is 5.91. The Morgan fingerprint density at radius 3 is 2.63 bits per heavy atom. The Hall–Kier alpha value is -2.53. The van der Waals surface area contributed by atoms with Gasteiger partial charge in [0.15, 0.2) is 0 Å². The number of nitrogens with one attached hydrogen (secondary N) is 1. The van der Waals surface area contributed by atoms with Crippen molar-refractivity contribution in [3.8, 4) is 0 Å². The molecule has 0 unspecified atom stereocenters. The number of urea groups is 1. The van der Waals surface area contributed by atoms with E-state index in [1.54, 1.807) is 17.3 Å². The fraction of sp³-hybridized carbons (Fsp3) is 0.417. The molecule has 0 atom stereocenters. The molecule has 0 spiro atoms. The van der Waals surface area contributed by atoms with Crippen LogP contribution in [0.1, 0.15) is 49.6 Å². The van der Waals surface area contributed by atoms with Crippen molar-refractivity contribution in [3.05, 3.63) is 59.5 Å². The zero-order chi connectivity index (χ0) is 20.4. The molecule has 30 heavy (non-hydrogen) atoms. The summed E-state index contributed by atoms with van der Waals surface area (Å²) in [5.74, 6) is 0. The fourth-order valence-corrected chi connectivity index (χ4v) is 4.41. The minimum absolute atomic E-state index is 0. The molecule has 2 amide bonds. The normalized spacial score (nSPS) is 13.1. The SMILES string of the molecule is CC(C)n1c2c(c3cc(NC(=O)N(C)CCc4ccncc4)ccc31)CCCC2.Cl. The second-order valence-corrected chi connectivity index (χ2v) is 8.29. The minimum Gasteiger partial charge on any atom is -0.342 e. The zero-order valence-corrected chi connectivity index (χ0v) is 18.8. The molecule has 1 aliphatic carbocycles. The first-order valence-electron chi connectivity index (χ1n) is 10.6. The number of aryl methyl sites for hydroxylation is 1. The summed E-state index contributed by atoms with van der Waals surface area (Å²) in [7, 11) is 1.84. The number of hydrogen-bond acceptors (Lipinski definition) is 2. The van der Waals surface area contributed by atoms with E-state index in [2.05, 4.69) is 40.8 Å². The molecule has 4 rings (SSSR count). The van der Waals surface area contributed by atoms with E-state index in [1.165, 1.54) is 40.6 Å². The number of rotatable bonds is 5. The number of aromatic nitrogens is 2. The summed E-state index contributed by atoms with van der Waals surface area (Å²) < 4.78 is 2.48. The number of likely N-dealkylation sites (N-methyl/N-ethyl adjacent to an activating group) is 1. The van der Waals surface area contributed by atoms with Crippen LogP contribution >= 0.6 is 12.4 Å². The number of carbonyl (C=O) groups is 1. The molecule has 5 nitrogen and oxygen atoms in total. The van der Waals surface area contributed by atoms with Crippen LogP contribution in [-0.2, 0) is 19.3 Å². The fourth-order valence-electron chi connectivity index (χ4n) is 4.41. The number of benzene rings is 1. The second-order valence-electron chi connectivity index (χ2n) is 8.29. The van der Waals surface area contributed by atoms with Gasteiger partial charge in [-0.1, -0.05) is 0 Å². The third kappa shape index (κ3) is 4.46. The smallest absolute Gasteiger partial charge is 0.321 e. The van der Waals surface area contributed by atoms with Crippen molar-refractivity contribution in [3.63, 3.8) is 0 Å². The Morgan fingerprint density at radius 1 is 1.17 bits per heavy atom. The molecule has 2 aromatic heterocycles. The van der Waals surface area contributed by atoms with Crippen LogP contribution in [0, 0.1) is 0 Å². The van der Waals surface area contributed by atoms with Gasteiger partial charge in [-0.2, -0.15) is 0 Å². The molecule has 3 aromatic rings. The van der Waals surface area contributed by atoms with Gasteiger partial charge in [-0.3, -0.25) is 4.98 Å². The second kappa shape index (κ2) is 9.52. The highest BCUT2D eigenvalue weighted by molar-refractivity contribution is 5.94. The molecule has 1 N–H and O–H groups in total. The number of halogens is 1. The van der Waals surface area contributed by atoms with Crippen LogP contribution in [0.4, 0.5) is 10.5 Å². The van der Waals surface area contributed by atoms with Crippen LogP contribution in [0.3, 0.4) is 0 Å². The lowest BCUT2D eigenvalue weighted by Gasteiger charge is -2.18. The van der Waals surface area contributed by atoms with E-state index < -0.39 is 0 Å². The summed E-state index contributed by atoms with van der Waals surface area (Å²) in [6, 6.07) is 10.7. The summed E-state index contributed by atoms with van der Waals surface area (Å²) in [5.41, 5.74) is 6.30. The highest BCUT2D eigenvalue weighted by Crippen LogP contribution is 2.35. The molecule has 160 valence electrons. The van der Waals surface area contributed by atoms with E-state index in [1.807, 2.05) is 25.2 Å². The van der Waals surface area contributed by atoms with Crippen LogP contribution in [0.15, 0.2) is 42.7 Å². The van der Waals surface area contributed by atoms with Crippen molar-refractivity contribution in [1.82, 2.24) is 14.5 Å². The van der Waals surface area contributed by atoms with Crippen molar-refractivity contribution >= 4 is 35.0 Å². The maximum Gasteiger partial charge on any atom is 0.321 e. The lowest BCUT2D eigenvalue weighted by atomic mass is 9.95. The Kier molecular flexibility index (Phi) is 7.03. The average molecular weight is 427 g/mol. The zero-order valence-electron chi connectivity index (χ0n) is 18.0. The average Bonchev–Trinajstić information content (AvgIpc) is 3.07. The molecule has 0 fully saturated rings. The predicted octanol–water partition coefficient (Wildman–Crippen LogP) is 5.62. The first kappa shape index (κ1) is 22.2. The van der Waals surface area contributed by atoms with Crippen LogP contribution in [0.5, 0.6) is 0 Å². The van der Waals surface area contributed by atoms with Gasteiger partial charge in [0.25, 0.3) is 0 Å². The van der Waals surface area contributed by atoms with Gasteiger partial charge in [0.2, 0.25) is 0 Å². The van der Waals surface area contributed by atoms with Crippen LogP contribution in [0.2, 0.25) is 0 Å². The van der Waals surface area contributed by atoms with Crippen molar-refractivity contribution < 1.29 is 4.79 Å². The molecule has 6 heteroatoms. The molecule has 2 heterocycles. The molecule has 0 radical (unpaired) electrons. The number of nitrogens with zero attached hydrogens (tertiary/aromatic N) is 3. The van der Waals surface area contributed by atoms with Crippen molar-refractivity contribution in [2.24, 2.45) is 0 Å². The Balaban J connectivity index is 0.00000256. The van der Waals surface area contributed by atoms with Gasteiger partial charge in [-0.05, 0) is 87.4 Å². The van der Waals surface area contributed by atoms with Gasteiger partial charge in [-0.25, -0.2) is 4.79 Å². The van der Waals surface area contributed by atoms with Crippen molar-refractivity contribution in [2.45, 2.75) is 52.0 Å². The van der Waals surface area contributed by atoms with E-state index in [-0.39, 0.29) is 18.4 Å². The third-order valence-electron chi connectivity index (χ3n) is 5.91. The molecule has 0 aliphatic heterocycles. The molecule has 1 aliphatic rings. The van der Waals surface area contributed by atoms with Crippen LogP contribution in [-0.4, -0.2) is 34.1 Å². The highest BCUT2D eigenvalue weighted by Gasteiger charge is 2.21. The summed E-state index contributed by atoms with van der Waals surface area (Å²) in [4.78, 5) is 18.4. The van der Waals surface area contributed by atoms with E-state index in [4.69, 9.17) is 0 Å². The van der Waals surface area contributed by atoms with E-state index in [0.717, 1.165) is 24.9 Å². The van der Waals surface area contributed by atoms with Crippen molar-refractivity contribution in [2.75, 3.05) is 18.9 Å².